The van der Waals surface area contributed by atoms with E-state index >= 15 is 0 Å². The summed E-state index contributed by atoms with van der Waals surface area (Å²) in [6.07, 6.45) is 1.66. The molecule has 0 fully saturated rings. The summed E-state index contributed by atoms with van der Waals surface area (Å²) in [5, 5.41) is 24.1. The van der Waals surface area contributed by atoms with Crippen molar-refractivity contribution >= 4 is 27.0 Å². The minimum Gasteiger partial charge on any atom is -0.279 e. The molecule has 0 saturated carbocycles. The highest BCUT2D eigenvalue weighted by Crippen LogP contribution is 2.27. The first kappa shape index (κ1) is 21.2. The van der Waals surface area contributed by atoms with Gasteiger partial charge >= 0.3 is 0 Å². The number of benzene rings is 2. The molecular weight excluding hydrogens is 458 g/mol. The normalized spacial score (nSPS) is 11.4. The van der Waals surface area contributed by atoms with Gasteiger partial charge in [-0.1, -0.05) is 30.3 Å². The minimum absolute atomic E-state index is 0.251. The maximum absolute atomic E-state index is 12.7. The third-order valence-electron chi connectivity index (χ3n) is 4.94. The number of anilines is 1. The standard InChI is InChI=1S/C22H15N7O4S/c30-29(31)19-6-1-2-7-20(19)34(32,33)27-16-10-8-15(9-11-16)17-12-13-21-24-25-22(28(21)26-17)18-5-3-4-14-23-18/h1-14,27H. The Morgan fingerprint density at radius 1 is 0.853 bits per heavy atom. The van der Waals surface area contributed by atoms with Gasteiger partial charge in [0.1, 0.15) is 5.69 Å². The molecule has 0 aliphatic heterocycles. The topological polar surface area (TPSA) is 145 Å². The number of nitro benzene ring substituents is 1. The molecule has 1 N–H and O–H groups in total. The van der Waals surface area contributed by atoms with Crippen molar-refractivity contribution in [2.24, 2.45) is 0 Å². The quantitative estimate of drug-likeness (QED) is 0.291. The van der Waals surface area contributed by atoms with Crippen LogP contribution in [0.4, 0.5) is 11.4 Å². The zero-order valence-electron chi connectivity index (χ0n) is 17.3. The molecule has 3 heterocycles. The third kappa shape index (κ3) is 3.93. The summed E-state index contributed by atoms with van der Waals surface area (Å²) in [6, 6.07) is 20.7. The van der Waals surface area contributed by atoms with Gasteiger partial charge in [0, 0.05) is 23.5 Å². The number of rotatable bonds is 6. The number of nitrogens with one attached hydrogen (secondary N) is 1. The van der Waals surface area contributed by atoms with E-state index in [0.717, 1.165) is 11.6 Å². The van der Waals surface area contributed by atoms with Gasteiger partial charge in [0.05, 0.1) is 10.6 Å². The number of nitrogens with zero attached hydrogens (tertiary/aromatic N) is 6. The Morgan fingerprint density at radius 2 is 1.62 bits per heavy atom. The molecule has 0 aliphatic carbocycles. The SMILES string of the molecule is O=[N+]([O-])c1ccccc1S(=O)(=O)Nc1ccc(-c2ccc3nnc(-c4ccccn4)n3n2)cc1. The van der Waals surface area contributed by atoms with E-state index in [4.69, 9.17) is 0 Å². The van der Waals surface area contributed by atoms with Gasteiger partial charge in [-0.3, -0.25) is 19.8 Å². The lowest BCUT2D eigenvalue weighted by molar-refractivity contribution is -0.387. The maximum atomic E-state index is 12.7. The summed E-state index contributed by atoms with van der Waals surface area (Å²) >= 11 is 0. The monoisotopic (exact) mass is 473 g/mol. The van der Waals surface area contributed by atoms with Crippen LogP contribution in [0.1, 0.15) is 0 Å². The molecule has 11 nitrogen and oxygen atoms in total. The summed E-state index contributed by atoms with van der Waals surface area (Å²) in [5.74, 6) is 0.492. The van der Waals surface area contributed by atoms with Gasteiger partial charge in [-0.25, -0.2) is 8.42 Å². The number of aromatic nitrogens is 5. The number of fused-ring (bicyclic) bond motifs is 1. The smallest absolute Gasteiger partial charge is 0.279 e. The van der Waals surface area contributed by atoms with Crippen molar-refractivity contribution < 1.29 is 13.3 Å². The molecule has 0 amide bonds. The van der Waals surface area contributed by atoms with E-state index in [0.29, 0.717) is 22.9 Å². The lowest BCUT2D eigenvalue weighted by Gasteiger charge is -2.09. The molecule has 168 valence electrons. The van der Waals surface area contributed by atoms with Crippen LogP contribution in [0.3, 0.4) is 0 Å². The van der Waals surface area contributed by atoms with Crippen LogP contribution in [0.25, 0.3) is 28.4 Å². The molecule has 0 bridgehead atoms. The highest BCUT2D eigenvalue weighted by atomic mass is 32.2. The third-order valence-corrected chi connectivity index (χ3v) is 6.37. The number of hydrogen-bond donors (Lipinski definition) is 1. The fourth-order valence-electron chi connectivity index (χ4n) is 3.35. The Balaban J connectivity index is 1.44. The summed E-state index contributed by atoms with van der Waals surface area (Å²) in [6.45, 7) is 0. The first-order valence-corrected chi connectivity index (χ1v) is 11.4. The van der Waals surface area contributed by atoms with E-state index in [2.05, 4.69) is 25.0 Å². The zero-order valence-corrected chi connectivity index (χ0v) is 18.1. The van der Waals surface area contributed by atoms with Crippen molar-refractivity contribution in [3.05, 3.63) is 95.2 Å². The van der Waals surface area contributed by atoms with E-state index in [9.17, 15) is 18.5 Å². The summed E-state index contributed by atoms with van der Waals surface area (Å²) < 4.78 is 29.4. The van der Waals surface area contributed by atoms with Crippen LogP contribution in [-0.2, 0) is 10.0 Å². The van der Waals surface area contributed by atoms with Crippen LogP contribution < -0.4 is 4.72 Å². The first-order chi connectivity index (χ1) is 16.4. The molecule has 0 aliphatic rings. The molecule has 0 spiro atoms. The van der Waals surface area contributed by atoms with Crippen LogP contribution in [0.15, 0.2) is 90.0 Å². The van der Waals surface area contributed by atoms with Crippen LogP contribution in [0.2, 0.25) is 0 Å². The second-order valence-corrected chi connectivity index (χ2v) is 8.79. The predicted octanol–water partition coefficient (Wildman–Crippen LogP) is 3.56. The van der Waals surface area contributed by atoms with Gasteiger partial charge in [-0.2, -0.15) is 9.61 Å². The Bertz CT molecular complexity index is 1620. The van der Waals surface area contributed by atoms with Crippen LogP contribution in [0, 0.1) is 10.1 Å². The van der Waals surface area contributed by atoms with Gasteiger partial charge in [-0.15, -0.1) is 10.2 Å². The van der Waals surface area contributed by atoms with E-state index < -0.39 is 25.5 Å². The van der Waals surface area contributed by atoms with Gasteiger partial charge in [0.25, 0.3) is 15.7 Å². The molecule has 3 aromatic heterocycles. The lowest BCUT2D eigenvalue weighted by Crippen LogP contribution is -2.14. The first-order valence-electron chi connectivity index (χ1n) is 9.93. The number of nitro groups is 1. The lowest BCUT2D eigenvalue weighted by atomic mass is 10.1. The summed E-state index contributed by atoms with van der Waals surface area (Å²) in [5.41, 5.74) is 2.26. The van der Waals surface area contributed by atoms with Gasteiger partial charge in [0.2, 0.25) is 5.82 Å². The van der Waals surface area contributed by atoms with Crippen LogP contribution in [0.5, 0.6) is 0 Å². The molecule has 0 saturated heterocycles. The van der Waals surface area contributed by atoms with Crippen LogP contribution >= 0.6 is 0 Å². The average molecular weight is 473 g/mol. The number of sulfonamides is 1. The Kier molecular flexibility index (Phi) is 5.18. The van der Waals surface area contributed by atoms with E-state index in [1.807, 2.05) is 12.1 Å². The number of pyridine rings is 1. The Morgan fingerprint density at radius 3 is 2.35 bits per heavy atom. The number of hydrogen-bond acceptors (Lipinski definition) is 8. The molecule has 5 aromatic rings. The van der Waals surface area contributed by atoms with Crippen LogP contribution in [-0.4, -0.2) is 38.1 Å². The van der Waals surface area contributed by atoms with Crippen molar-refractivity contribution in [3.63, 3.8) is 0 Å². The van der Waals surface area contributed by atoms with Crippen molar-refractivity contribution in [1.82, 2.24) is 24.8 Å². The minimum atomic E-state index is -4.16. The van der Waals surface area contributed by atoms with Gasteiger partial charge in [-0.05, 0) is 42.5 Å². The fourth-order valence-corrected chi connectivity index (χ4v) is 4.58. The molecule has 0 unspecified atom stereocenters. The van der Waals surface area contributed by atoms with Crippen molar-refractivity contribution in [2.45, 2.75) is 4.90 Å². The Labute approximate surface area is 192 Å². The van der Waals surface area contributed by atoms with E-state index in [1.54, 1.807) is 53.2 Å². The maximum Gasteiger partial charge on any atom is 0.289 e. The predicted molar refractivity (Wildman–Crippen MR) is 123 cm³/mol. The van der Waals surface area contributed by atoms with Crippen molar-refractivity contribution in [3.8, 4) is 22.8 Å². The molecule has 2 aromatic carbocycles. The second kappa shape index (κ2) is 8.33. The van der Waals surface area contributed by atoms with Gasteiger partial charge in [0.15, 0.2) is 10.5 Å². The second-order valence-electron chi connectivity index (χ2n) is 7.13. The van der Waals surface area contributed by atoms with Crippen molar-refractivity contribution in [2.75, 3.05) is 4.72 Å². The largest absolute Gasteiger partial charge is 0.289 e. The highest BCUT2D eigenvalue weighted by Gasteiger charge is 2.25. The Hall–Kier alpha value is -4.71. The molecular formula is C22H15N7O4S. The molecule has 0 radical (unpaired) electrons. The molecule has 34 heavy (non-hydrogen) atoms. The van der Waals surface area contributed by atoms with Crippen molar-refractivity contribution in [1.29, 1.82) is 0 Å². The molecule has 12 heteroatoms. The molecule has 0 atom stereocenters. The zero-order chi connectivity index (χ0) is 23.7. The summed E-state index contributed by atoms with van der Waals surface area (Å²) in [7, 11) is -4.16. The fraction of sp³-hybridized carbons (Fsp3) is 0. The van der Waals surface area contributed by atoms with E-state index in [1.165, 1.54) is 18.2 Å². The summed E-state index contributed by atoms with van der Waals surface area (Å²) in [4.78, 5) is 14.3. The number of para-hydroxylation sites is 1. The highest BCUT2D eigenvalue weighted by molar-refractivity contribution is 7.92. The van der Waals surface area contributed by atoms with Gasteiger partial charge < -0.3 is 0 Å². The average Bonchev–Trinajstić information content (AvgIpc) is 3.28. The van der Waals surface area contributed by atoms with E-state index in [-0.39, 0.29) is 5.69 Å². The molecule has 5 rings (SSSR count).